The molecule has 1 heterocycles. The van der Waals surface area contributed by atoms with Gasteiger partial charge in [0.25, 0.3) is 0 Å². The van der Waals surface area contributed by atoms with Gasteiger partial charge in [0.15, 0.2) is 0 Å². The molecule has 0 spiro atoms. The number of ether oxygens (including phenoxy) is 1. The van der Waals surface area contributed by atoms with Crippen LogP contribution in [-0.2, 0) is 11.2 Å². The first-order valence-electron chi connectivity index (χ1n) is 12.2. The molecule has 0 aliphatic carbocycles. The van der Waals surface area contributed by atoms with Gasteiger partial charge in [-0.15, -0.1) is 0 Å². The van der Waals surface area contributed by atoms with Crippen molar-refractivity contribution in [2.24, 2.45) is 5.92 Å². The number of halogens is 1. The van der Waals surface area contributed by atoms with E-state index in [1.807, 2.05) is 12.1 Å². The Kier molecular flexibility index (Phi) is 10.5. The van der Waals surface area contributed by atoms with E-state index in [2.05, 4.69) is 22.8 Å². The zero-order valence-corrected chi connectivity index (χ0v) is 19.1. The summed E-state index contributed by atoms with van der Waals surface area (Å²) in [5, 5.41) is 6.47. The highest BCUT2D eigenvalue weighted by Gasteiger charge is 2.13. The van der Waals surface area contributed by atoms with Crippen molar-refractivity contribution in [2.45, 2.75) is 64.2 Å². The molecule has 4 nitrogen and oxygen atoms in total. The number of rotatable bonds is 12. The van der Waals surface area contributed by atoms with E-state index in [0.717, 1.165) is 63.1 Å². The number of aryl methyl sites for hydroxylation is 1. The smallest absolute Gasteiger partial charge is 0.224 e. The van der Waals surface area contributed by atoms with Crippen LogP contribution in [0, 0.1) is 11.7 Å². The van der Waals surface area contributed by atoms with E-state index in [0.29, 0.717) is 18.9 Å². The third-order valence-corrected chi connectivity index (χ3v) is 6.15. The molecule has 5 heteroatoms. The molecule has 1 fully saturated rings. The molecule has 32 heavy (non-hydrogen) atoms. The Hall–Kier alpha value is -2.40. The van der Waals surface area contributed by atoms with E-state index in [-0.39, 0.29) is 11.7 Å². The molecular formula is C27H37FN2O2. The second kappa shape index (κ2) is 13.9. The number of nitrogens with one attached hydrogen (secondary N) is 2. The summed E-state index contributed by atoms with van der Waals surface area (Å²) < 4.78 is 18.5. The average Bonchev–Trinajstić information content (AvgIpc) is 3.08. The van der Waals surface area contributed by atoms with Gasteiger partial charge in [0.05, 0.1) is 6.61 Å². The second-order valence-electron chi connectivity index (χ2n) is 8.80. The average molecular weight is 441 g/mol. The van der Waals surface area contributed by atoms with Crippen LogP contribution < -0.4 is 15.4 Å². The predicted molar refractivity (Wildman–Crippen MR) is 129 cm³/mol. The van der Waals surface area contributed by atoms with Crippen molar-refractivity contribution in [1.29, 1.82) is 0 Å². The molecule has 2 aromatic rings. The third-order valence-electron chi connectivity index (χ3n) is 6.15. The second-order valence-corrected chi connectivity index (χ2v) is 8.80. The molecule has 1 atom stereocenters. The number of hydrogen-bond donors (Lipinski definition) is 2. The fraction of sp³-hybridized carbons (Fsp3) is 0.519. The van der Waals surface area contributed by atoms with E-state index in [1.54, 1.807) is 12.1 Å². The van der Waals surface area contributed by atoms with Crippen molar-refractivity contribution in [3.63, 3.8) is 0 Å². The van der Waals surface area contributed by atoms with Crippen LogP contribution in [0.2, 0.25) is 0 Å². The Morgan fingerprint density at radius 2 is 1.75 bits per heavy atom. The van der Waals surface area contributed by atoms with E-state index < -0.39 is 0 Å². The first kappa shape index (κ1) is 24.2. The predicted octanol–water partition coefficient (Wildman–Crippen LogP) is 6.12. The molecule has 1 amide bonds. The first-order chi connectivity index (χ1) is 15.7. The van der Waals surface area contributed by atoms with Crippen LogP contribution in [0.25, 0.3) is 0 Å². The van der Waals surface area contributed by atoms with Gasteiger partial charge in [-0.25, -0.2) is 4.39 Å². The van der Waals surface area contributed by atoms with Crippen molar-refractivity contribution in [2.75, 3.05) is 25.0 Å². The van der Waals surface area contributed by atoms with Crippen molar-refractivity contribution < 1.29 is 13.9 Å². The number of anilines is 1. The van der Waals surface area contributed by atoms with Crippen molar-refractivity contribution in [1.82, 2.24) is 5.32 Å². The van der Waals surface area contributed by atoms with Gasteiger partial charge < -0.3 is 15.4 Å². The number of carbonyl (C=O) groups is 1. The number of unbranched alkanes of at least 4 members (excludes halogenated alkanes) is 3. The van der Waals surface area contributed by atoms with Gasteiger partial charge in [-0.3, -0.25) is 4.79 Å². The number of benzene rings is 2. The zero-order valence-electron chi connectivity index (χ0n) is 19.1. The van der Waals surface area contributed by atoms with Gasteiger partial charge in [-0.1, -0.05) is 25.0 Å². The monoisotopic (exact) mass is 440 g/mol. The highest BCUT2D eigenvalue weighted by molar-refractivity contribution is 5.90. The SMILES string of the molecule is O=C(CCC1CCCNCC1)Nc1ccc(CCCCCCOc2ccc(F)cc2)cc1. The molecule has 0 saturated carbocycles. The molecule has 174 valence electrons. The van der Waals surface area contributed by atoms with Gasteiger partial charge >= 0.3 is 0 Å². The summed E-state index contributed by atoms with van der Waals surface area (Å²) in [6.45, 7) is 2.86. The largest absolute Gasteiger partial charge is 0.494 e. The van der Waals surface area contributed by atoms with Crippen molar-refractivity contribution in [3.05, 3.63) is 59.9 Å². The highest BCUT2D eigenvalue weighted by atomic mass is 19.1. The Labute approximate surface area is 191 Å². The Balaban J connectivity index is 1.24. The minimum absolute atomic E-state index is 0.123. The first-order valence-corrected chi connectivity index (χ1v) is 12.2. The molecule has 0 radical (unpaired) electrons. The lowest BCUT2D eigenvalue weighted by Gasteiger charge is -2.13. The van der Waals surface area contributed by atoms with E-state index >= 15 is 0 Å². The third kappa shape index (κ3) is 9.39. The minimum atomic E-state index is -0.240. The van der Waals surface area contributed by atoms with Crippen LogP contribution in [0.4, 0.5) is 10.1 Å². The van der Waals surface area contributed by atoms with Crippen LogP contribution in [0.1, 0.15) is 63.4 Å². The quantitative estimate of drug-likeness (QED) is 0.391. The Morgan fingerprint density at radius 1 is 0.969 bits per heavy atom. The van der Waals surface area contributed by atoms with Crippen molar-refractivity contribution >= 4 is 11.6 Å². The summed E-state index contributed by atoms with van der Waals surface area (Å²) in [6, 6.07) is 14.4. The number of hydrogen-bond acceptors (Lipinski definition) is 3. The summed E-state index contributed by atoms with van der Waals surface area (Å²) in [5.41, 5.74) is 2.19. The molecule has 3 rings (SSSR count). The Morgan fingerprint density at radius 3 is 2.56 bits per heavy atom. The van der Waals surface area contributed by atoms with Gasteiger partial charge in [0.2, 0.25) is 5.91 Å². The molecule has 1 aliphatic rings. The van der Waals surface area contributed by atoms with E-state index in [1.165, 1.54) is 37.0 Å². The maximum atomic E-state index is 12.9. The summed E-state index contributed by atoms with van der Waals surface area (Å²) in [6.07, 6.45) is 10.7. The standard InChI is InChI=1S/C27H37FN2O2/c28-24-11-15-26(16-12-24)32-21-4-2-1-3-6-22-8-13-25(14-9-22)30-27(31)17-10-23-7-5-19-29-20-18-23/h8-9,11-16,23,29H,1-7,10,17-21H2,(H,30,31). The fourth-order valence-electron chi connectivity index (χ4n) is 4.20. The van der Waals surface area contributed by atoms with Gasteiger partial charge in [0, 0.05) is 12.1 Å². The Bertz CT molecular complexity index is 784. The van der Waals surface area contributed by atoms with E-state index in [9.17, 15) is 9.18 Å². The van der Waals surface area contributed by atoms with Crippen LogP contribution in [0.15, 0.2) is 48.5 Å². The maximum absolute atomic E-state index is 12.9. The summed E-state index contributed by atoms with van der Waals surface area (Å²) in [5.74, 6) is 1.28. The van der Waals surface area contributed by atoms with Crippen LogP contribution in [0.3, 0.4) is 0 Å². The molecule has 0 bridgehead atoms. The lowest BCUT2D eigenvalue weighted by molar-refractivity contribution is -0.116. The number of carbonyl (C=O) groups excluding carboxylic acids is 1. The highest BCUT2D eigenvalue weighted by Crippen LogP contribution is 2.20. The van der Waals surface area contributed by atoms with Gasteiger partial charge in [0.1, 0.15) is 11.6 Å². The van der Waals surface area contributed by atoms with Crippen LogP contribution in [-0.4, -0.2) is 25.6 Å². The molecule has 2 N–H and O–H groups in total. The minimum Gasteiger partial charge on any atom is -0.494 e. The molecule has 1 unspecified atom stereocenters. The topological polar surface area (TPSA) is 50.4 Å². The maximum Gasteiger partial charge on any atom is 0.224 e. The van der Waals surface area contributed by atoms with Crippen molar-refractivity contribution in [3.8, 4) is 5.75 Å². The summed E-state index contributed by atoms with van der Waals surface area (Å²) in [7, 11) is 0. The molecular weight excluding hydrogens is 403 g/mol. The van der Waals surface area contributed by atoms with Crippen LogP contribution >= 0.6 is 0 Å². The molecule has 2 aromatic carbocycles. The summed E-state index contributed by atoms with van der Waals surface area (Å²) in [4.78, 5) is 12.3. The zero-order chi connectivity index (χ0) is 22.4. The molecule has 1 aliphatic heterocycles. The van der Waals surface area contributed by atoms with Crippen LogP contribution in [0.5, 0.6) is 5.75 Å². The lowest BCUT2D eigenvalue weighted by atomic mass is 9.95. The number of amides is 1. The van der Waals surface area contributed by atoms with Gasteiger partial charge in [-0.05, 0) is 106 Å². The normalized spacial score (nSPS) is 16.3. The fourth-order valence-corrected chi connectivity index (χ4v) is 4.20. The van der Waals surface area contributed by atoms with E-state index in [4.69, 9.17) is 4.74 Å². The lowest BCUT2D eigenvalue weighted by Crippen LogP contribution is -2.15. The summed E-state index contributed by atoms with van der Waals surface area (Å²) >= 11 is 0. The molecule has 0 aromatic heterocycles. The molecule has 1 saturated heterocycles. The van der Waals surface area contributed by atoms with Gasteiger partial charge in [-0.2, -0.15) is 0 Å².